The van der Waals surface area contributed by atoms with Crippen molar-refractivity contribution >= 4 is 11.6 Å². The van der Waals surface area contributed by atoms with Crippen molar-refractivity contribution in [1.82, 2.24) is 5.32 Å². The Bertz CT molecular complexity index is 756. The highest BCUT2D eigenvalue weighted by molar-refractivity contribution is 5.94. The van der Waals surface area contributed by atoms with E-state index in [2.05, 4.69) is 5.32 Å². The number of halogens is 3. The van der Waals surface area contributed by atoms with Crippen LogP contribution < -0.4 is 11.1 Å². The number of benzene rings is 2. The molecule has 0 aliphatic heterocycles. The maximum atomic E-state index is 12.7. The van der Waals surface area contributed by atoms with E-state index in [0.29, 0.717) is 12.1 Å². The van der Waals surface area contributed by atoms with Gasteiger partial charge < -0.3 is 11.1 Å². The molecule has 1 aliphatic rings. The number of anilines is 1. The Balaban J connectivity index is 1.80. The van der Waals surface area contributed by atoms with Crippen molar-refractivity contribution in [2.24, 2.45) is 0 Å². The molecule has 2 aromatic rings. The number of hydrogen-bond acceptors (Lipinski definition) is 2. The second kappa shape index (κ2) is 5.61. The van der Waals surface area contributed by atoms with E-state index in [0.717, 1.165) is 29.7 Å². The summed E-state index contributed by atoms with van der Waals surface area (Å²) in [6.45, 7) is 0. The summed E-state index contributed by atoms with van der Waals surface area (Å²) in [5.74, 6) is -0.517. The van der Waals surface area contributed by atoms with Gasteiger partial charge in [0.25, 0.3) is 5.91 Å². The molecule has 0 fully saturated rings. The second-order valence-corrected chi connectivity index (χ2v) is 5.60. The molecule has 0 saturated heterocycles. The van der Waals surface area contributed by atoms with Crippen LogP contribution in [-0.2, 0) is 12.6 Å². The monoisotopic (exact) mass is 320 g/mol. The van der Waals surface area contributed by atoms with Gasteiger partial charge in [-0.25, -0.2) is 0 Å². The highest BCUT2D eigenvalue weighted by Crippen LogP contribution is 2.33. The maximum Gasteiger partial charge on any atom is 0.416 e. The zero-order valence-electron chi connectivity index (χ0n) is 12.2. The number of amides is 1. The van der Waals surface area contributed by atoms with Gasteiger partial charge in [-0.2, -0.15) is 13.2 Å². The number of fused-ring (bicyclic) bond motifs is 1. The van der Waals surface area contributed by atoms with Gasteiger partial charge in [0.05, 0.1) is 11.6 Å². The average Bonchev–Trinajstić information content (AvgIpc) is 2.89. The van der Waals surface area contributed by atoms with Gasteiger partial charge in [0.1, 0.15) is 0 Å². The second-order valence-electron chi connectivity index (χ2n) is 5.60. The molecule has 6 heteroatoms. The molecular formula is C17H15F3N2O. The standard InChI is InChI=1S/C17H15F3N2O/c18-17(19,20)12-3-1-2-11(8-12)16(23)22-15-7-5-10-4-6-13(21)9-14(10)15/h1-4,6,8-9,15H,5,7,21H2,(H,22,23). The summed E-state index contributed by atoms with van der Waals surface area (Å²) in [5, 5.41) is 2.80. The largest absolute Gasteiger partial charge is 0.416 e. The van der Waals surface area contributed by atoms with E-state index in [-0.39, 0.29) is 11.6 Å². The predicted octanol–water partition coefficient (Wildman–Crippen LogP) is 3.70. The van der Waals surface area contributed by atoms with Crippen LogP contribution in [0.3, 0.4) is 0 Å². The number of nitrogen functional groups attached to an aromatic ring is 1. The Hall–Kier alpha value is -2.50. The third-order valence-electron chi connectivity index (χ3n) is 4.01. The number of hydrogen-bond donors (Lipinski definition) is 2. The summed E-state index contributed by atoms with van der Waals surface area (Å²) in [4.78, 5) is 12.3. The van der Waals surface area contributed by atoms with Crippen LogP contribution in [0, 0.1) is 0 Å². The fraction of sp³-hybridized carbons (Fsp3) is 0.235. The van der Waals surface area contributed by atoms with Crippen LogP contribution in [-0.4, -0.2) is 5.91 Å². The lowest BCUT2D eigenvalue weighted by molar-refractivity contribution is -0.137. The van der Waals surface area contributed by atoms with E-state index in [4.69, 9.17) is 5.73 Å². The van der Waals surface area contributed by atoms with Crippen LogP contribution in [0.25, 0.3) is 0 Å². The summed E-state index contributed by atoms with van der Waals surface area (Å²) in [6.07, 6.45) is -2.95. The quantitative estimate of drug-likeness (QED) is 0.829. The van der Waals surface area contributed by atoms with Gasteiger partial charge in [0.15, 0.2) is 0 Å². The first-order chi connectivity index (χ1) is 10.8. The van der Waals surface area contributed by atoms with Crippen molar-refractivity contribution in [3.8, 4) is 0 Å². The van der Waals surface area contributed by atoms with Gasteiger partial charge in [-0.1, -0.05) is 12.1 Å². The van der Waals surface area contributed by atoms with Gasteiger partial charge in [-0.15, -0.1) is 0 Å². The molecule has 0 radical (unpaired) electrons. The number of aryl methyl sites for hydroxylation is 1. The van der Waals surface area contributed by atoms with Crippen LogP contribution in [0.15, 0.2) is 42.5 Å². The smallest absolute Gasteiger partial charge is 0.399 e. The molecule has 0 heterocycles. The summed E-state index contributed by atoms with van der Waals surface area (Å²) in [7, 11) is 0. The van der Waals surface area contributed by atoms with E-state index in [1.165, 1.54) is 12.1 Å². The lowest BCUT2D eigenvalue weighted by Crippen LogP contribution is -2.27. The molecule has 0 saturated carbocycles. The molecule has 1 aliphatic carbocycles. The minimum absolute atomic E-state index is 0.00261. The summed E-state index contributed by atoms with van der Waals surface area (Å²) in [6, 6.07) is 9.72. The summed E-state index contributed by atoms with van der Waals surface area (Å²) < 4.78 is 38.2. The van der Waals surface area contributed by atoms with E-state index in [9.17, 15) is 18.0 Å². The van der Waals surface area contributed by atoms with Crippen molar-refractivity contribution < 1.29 is 18.0 Å². The predicted molar refractivity (Wildman–Crippen MR) is 80.8 cm³/mol. The molecule has 120 valence electrons. The average molecular weight is 320 g/mol. The van der Waals surface area contributed by atoms with Crippen LogP contribution in [0.1, 0.15) is 39.5 Å². The molecule has 2 aromatic carbocycles. The highest BCUT2D eigenvalue weighted by atomic mass is 19.4. The van der Waals surface area contributed by atoms with Crippen LogP contribution in [0.5, 0.6) is 0 Å². The van der Waals surface area contributed by atoms with Crippen LogP contribution in [0.4, 0.5) is 18.9 Å². The van der Waals surface area contributed by atoms with Gasteiger partial charge >= 0.3 is 6.18 Å². The third kappa shape index (κ3) is 3.16. The molecule has 3 nitrogen and oxygen atoms in total. The minimum atomic E-state index is -4.47. The molecule has 1 atom stereocenters. The fourth-order valence-corrected chi connectivity index (χ4v) is 2.85. The molecule has 3 rings (SSSR count). The van der Waals surface area contributed by atoms with Gasteiger partial charge in [-0.05, 0) is 54.3 Å². The Morgan fingerprint density at radius 2 is 1.96 bits per heavy atom. The zero-order chi connectivity index (χ0) is 16.6. The van der Waals surface area contributed by atoms with Gasteiger partial charge in [-0.3, -0.25) is 4.79 Å². The van der Waals surface area contributed by atoms with Crippen LogP contribution in [0.2, 0.25) is 0 Å². The lowest BCUT2D eigenvalue weighted by Gasteiger charge is -2.15. The number of nitrogens with one attached hydrogen (secondary N) is 1. The first-order valence-electron chi connectivity index (χ1n) is 7.21. The number of rotatable bonds is 2. The molecule has 1 amide bonds. The van der Waals surface area contributed by atoms with Crippen molar-refractivity contribution in [2.75, 3.05) is 5.73 Å². The molecule has 0 bridgehead atoms. The molecule has 0 spiro atoms. The highest BCUT2D eigenvalue weighted by Gasteiger charge is 2.31. The number of nitrogens with two attached hydrogens (primary N) is 1. The minimum Gasteiger partial charge on any atom is -0.399 e. The Labute approximate surface area is 131 Å². The fourth-order valence-electron chi connectivity index (χ4n) is 2.85. The Morgan fingerprint density at radius 1 is 1.17 bits per heavy atom. The van der Waals surface area contributed by atoms with Gasteiger partial charge in [0.2, 0.25) is 0 Å². The van der Waals surface area contributed by atoms with Crippen molar-refractivity contribution in [3.63, 3.8) is 0 Å². The first-order valence-corrected chi connectivity index (χ1v) is 7.21. The third-order valence-corrected chi connectivity index (χ3v) is 4.01. The SMILES string of the molecule is Nc1ccc2c(c1)C(NC(=O)c1cccc(C(F)(F)F)c1)CC2. The summed E-state index contributed by atoms with van der Waals surface area (Å²) in [5.41, 5.74) is 7.57. The van der Waals surface area contributed by atoms with Crippen molar-refractivity contribution in [3.05, 3.63) is 64.7 Å². The number of carbonyl (C=O) groups excluding carboxylic acids is 1. The van der Waals surface area contributed by atoms with E-state index >= 15 is 0 Å². The van der Waals surface area contributed by atoms with Crippen LogP contribution >= 0.6 is 0 Å². The first kappa shape index (κ1) is 15.4. The van der Waals surface area contributed by atoms with E-state index in [1.807, 2.05) is 6.07 Å². The van der Waals surface area contributed by atoms with E-state index < -0.39 is 17.6 Å². The van der Waals surface area contributed by atoms with E-state index in [1.54, 1.807) is 12.1 Å². The normalized spacial score (nSPS) is 16.9. The lowest BCUT2D eigenvalue weighted by atomic mass is 10.1. The summed E-state index contributed by atoms with van der Waals surface area (Å²) >= 11 is 0. The topological polar surface area (TPSA) is 55.1 Å². The number of alkyl halides is 3. The molecule has 1 unspecified atom stereocenters. The molecule has 0 aromatic heterocycles. The molecular weight excluding hydrogens is 305 g/mol. The molecule has 3 N–H and O–H groups in total. The Kier molecular flexibility index (Phi) is 3.75. The molecule has 23 heavy (non-hydrogen) atoms. The maximum absolute atomic E-state index is 12.7. The Morgan fingerprint density at radius 3 is 2.70 bits per heavy atom. The zero-order valence-corrected chi connectivity index (χ0v) is 12.2. The number of carbonyl (C=O) groups is 1. The van der Waals surface area contributed by atoms with Gasteiger partial charge in [0, 0.05) is 11.3 Å². The van der Waals surface area contributed by atoms with Crippen molar-refractivity contribution in [2.45, 2.75) is 25.1 Å². The van der Waals surface area contributed by atoms with Crippen molar-refractivity contribution in [1.29, 1.82) is 0 Å².